The molecule has 1 aromatic carbocycles. The van der Waals surface area contributed by atoms with Crippen LogP contribution in [0.15, 0.2) is 35.9 Å². The van der Waals surface area contributed by atoms with Gasteiger partial charge in [-0.25, -0.2) is 0 Å². The molecule has 1 N–H and O–H groups in total. The van der Waals surface area contributed by atoms with Gasteiger partial charge in [0.1, 0.15) is 5.75 Å². The molecule has 2 aromatic rings. The molecule has 0 fully saturated rings. The maximum absolute atomic E-state index is 5.75. The molecule has 0 aliphatic rings. The summed E-state index contributed by atoms with van der Waals surface area (Å²) in [6.07, 6.45) is 5.33. The molecule has 27 heavy (non-hydrogen) atoms. The zero-order valence-corrected chi connectivity index (χ0v) is 17.8. The van der Waals surface area contributed by atoms with E-state index in [-0.39, 0.29) is 0 Å². The third kappa shape index (κ3) is 5.20. The van der Waals surface area contributed by atoms with E-state index >= 15 is 0 Å². The lowest BCUT2D eigenvalue weighted by atomic mass is 9.94. The molecule has 0 saturated carbocycles. The largest absolute Gasteiger partial charge is 0.496 e. The molecular formula is C24H34N2O. The number of nitrogens with one attached hydrogen (secondary N) is 1. The lowest BCUT2D eigenvalue weighted by Crippen LogP contribution is -2.17. The molecule has 2 rings (SSSR count). The van der Waals surface area contributed by atoms with Crippen LogP contribution in [0.5, 0.6) is 5.75 Å². The van der Waals surface area contributed by atoms with Crippen LogP contribution in [0.4, 0.5) is 0 Å². The molecule has 0 atom stereocenters. The zero-order chi connectivity index (χ0) is 19.8. The molecule has 146 valence electrons. The van der Waals surface area contributed by atoms with Gasteiger partial charge in [0.05, 0.1) is 12.8 Å². The first kappa shape index (κ1) is 21.2. The predicted molar refractivity (Wildman–Crippen MR) is 115 cm³/mol. The van der Waals surface area contributed by atoms with Crippen molar-refractivity contribution in [3.8, 4) is 17.0 Å². The first-order chi connectivity index (χ1) is 13.0. The van der Waals surface area contributed by atoms with Crippen LogP contribution >= 0.6 is 0 Å². The lowest BCUT2D eigenvalue weighted by molar-refractivity contribution is 0.407. The van der Waals surface area contributed by atoms with Gasteiger partial charge >= 0.3 is 0 Å². The second-order valence-electron chi connectivity index (χ2n) is 6.99. The van der Waals surface area contributed by atoms with Crippen LogP contribution < -0.4 is 10.1 Å². The van der Waals surface area contributed by atoms with Gasteiger partial charge in [0, 0.05) is 36.0 Å². The van der Waals surface area contributed by atoms with Gasteiger partial charge < -0.3 is 10.1 Å². The summed E-state index contributed by atoms with van der Waals surface area (Å²) < 4.78 is 5.75. The van der Waals surface area contributed by atoms with Gasteiger partial charge in [-0.15, -0.1) is 0 Å². The van der Waals surface area contributed by atoms with Crippen molar-refractivity contribution in [1.82, 2.24) is 10.3 Å². The van der Waals surface area contributed by atoms with Gasteiger partial charge in [0.15, 0.2) is 0 Å². The van der Waals surface area contributed by atoms with Crippen LogP contribution in [0.2, 0.25) is 0 Å². The quantitative estimate of drug-likeness (QED) is 0.583. The summed E-state index contributed by atoms with van der Waals surface area (Å²) in [5.74, 6) is 0.912. The molecule has 0 amide bonds. The normalized spacial score (nSPS) is 11.7. The van der Waals surface area contributed by atoms with Crippen molar-refractivity contribution >= 4 is 0 Å². The van der Waals surface area contributed by atoms with E-state index in [1.165, 1.54) is 22.3 Å². The SMILES string of the molecule is CCC=C(C)CNCc1c(OC)cc(-c2c(CC)cccc2CC)nc1C. The third-order valence-electron chi connectivity index (χ3n) is 5.02. The maximum Gasteiger partial charge on any atom is 0.127 e. The number of hydrogen-bond donors (Lipinski definition) is 1. The maximum atomic E-state index is 5.75. The molecule has 1 heterocycles. The minimum atomic E-state index is 0.757. The number of ether oxygens (including phenoxy) is 1. The molecule has 3 heteroatoms. The van der Waals surface area contributed by atoms with E-state index in [9.17, 15) is 0 Å². The van der Waals surface area contributed by atoms with Gasteiger partial charge in [-0.3, -0.25) is 4.98 Å². The monoisotopic (exact) mass is 366 g/mol. The second kappa shape index (κ2) is 10.3. The van der Waals surface area contributed by atoms with Gasteiger partial charge in [0.25, 0.3) is 0 Å². The third-order valence-corrected chi connectivity index (χ3v) is 5.02. The molecule has 3 nitrogen and oxygen atoms in total. The Bertz CT molecular complexity index is 771. The van der Waals surface area contributed by atoms with E-state index in [0.29, 0.717) is 0 Å². The Morgan fingerprint density at radius 3 is 2.37 bits per heavy atom. The Kier molecular flexibility index (Phi) is 8.05. The molecule has 0 saturated heterocycles. The average molecular weight is 367 g/mol. The van der Waals surface area contributed by atoms with Gasteiger partial charge in [-0.05, 0) is 44.2 Å². The number of pyridine rings is 1. The summed E-state index contributed by atoms with van der Waals surface area (Å²) in [6.45, 7) is 12.5. The van der Waals surface area contributed by atoms with Crippen LogP contribution in [0.25, 0.3) is 11.3 Å². The summed E-state index contributed by atoms with van der Waals surface area (Å²) in [5, 5.41) is 3.52. The molecule has 0 radical (unpaired) electrons. The van der Waals surface area contributed by atoms with E-state index in [1.54, 1.807) is 7.11 Å². The van der Waals surface area contributed by atoms with E-state index < -0.39 is 0 Å². The molecular weight excluding hydrogens is 332 g/mol. The zero-order valence-electron chi connectivity index (χ0n) is 17.8. The Balaban J connectivity index is 2.38. The van der Waals surface area contributed by atoms with Gasteiger partial charge in [0.2, 0.25) is 0 Å². The number of hydrogen-bond acceptors (Lipinski definition) is 3. The summed E-state index contributed by atoms with van der Waals surface area (Å²) in [4.78, 5) is 4.97. The van der Waals surface area contributed by atoms with E-state index in [2.05, 4.69) is 70.3 Å². The molecule has 0 spiro atoms. The summed E-state index contributed by atoms with van der Waals surface area (Å²) in [5.41, 5.74) is 8.50. The number of rotatable bonds is 9. The van der Waals surface area contributed by atoms with Crippen molar-refractivity contribution in [2.24, 2.45) is 0 Å². The van der Waals surface area contributed by atoms with Gasteiger partial charge in [-0.2, -0.15) is 0 Å². The highest BCUT2D eigenvalue weighted by Crippen LogP contribution is 2.32. The van der Waals surface area contributed by atoms with Crippen molar-refractivity contribution < 1.29 is 4.74 Å². The first-order valence-corrected chi connectivity index (χ1v) is 10.1. The van der Waals surface area contributed by atoms with E-state index in [4.69, 9.17) is 9.72 Å². The Morgan fingerprint density at radius 1 is 1.15 bits per heavy atom. The number of aryl methyl sites for hydroxylation is 3. The smallest absolute Gasteiger partial charge is 0.127 e. The number of benzene rings is 1. The number of aromatic nitrogens is 1. The second-order valence-corrected chi connectivity index (χ2v) is 6.99. The fourth-order valence-electron chi connectivity index (χ4n) is 3.57. The fraction of sp³-hybridized carbons (Fsp3) is 0.458. The molecule has 0 aliphatic heterocycles. The molecule has 0 bridgehead atoms. The van der Waals surface area contributed by atoms with Crippen molar-refractivity contribution in [1.29, 1.82) is 0 Å². The highest BCUT2D eigenvalue weighted by molar-refractivity contribution is 5.70. The van der Waals surface area contributed by atoms with Crippen LogP contribution in [0, 0.1) is 6.92 Å². The summed E-state index contributed by atoms with van der Waals surface area (Å²) in [6, 6.07) is 8.66. The summed E-state index contributed by atoms with van der Waals surface area (Å²) >= 11 is 0. The number of nitrogens with zero attached hydrogens (tertiary/aromatic N) is 1. The highest BCUT2D eigenvalue weighted by Gasteiger charge is 2.15. The van der Waals surface area contributed by atoms with Crippen molar-refractivity contribution in [2.75, 3.05) is 13.7 Å². The Hall–Kier alpha value is -2.13. The first-order valence-electron chi connectivity index (χ1n) is 10.1. The number of allylic oxidation sites excluding steroid dienone is 1. The number of methoxy groups -OCH3 is 1. The van der Waals surface area contributed by atoms with Crippen LogP contribution in [0.3, 0.4) is 0 Å². The van der Waals surface area contributed by atoms with E-state index in [1.807, 2.05) is 0 Å². The topological polar surface area (TPSA) is 34.1 Å². The van der Waals surface area contributed by atoms with Crippen molar-refractivity contribution in [3.05, 3.63) is 58.3 Å². The van der Waals surface area contributed by atoms with Crippen LogP contribution in [-0.4, -0.2) is 18.6 Å². The van der Waals surface area contributed by atoms with Crippen LogP contribution in [0.1, 0.15) is 56.5 Å². The molecule has 0 unspecified atom stereocenters. The molecule has 1 aromatic heterocycles. The Labute approximate surface area is 164 Å². The lowest BCUT2D eigenvalue weighted by Gasteiger charge is -2.17. The molecule has 0 aliphatic carbocycles. The van der Waals surface area contributed by atoms with Crippen molar-refractivity contribution in [3.63, 3.8) is 0 Å². The van der Waals surface area contributed by atoms with Gasteiger partial charge in [-0.1, -0.05) is 50.6 Å². The fourth-order valence-corrected chi connectivity index (χ4v) is 3.57. The minimum Gasteiger partial charge on any atom is -0.496 e. The summed E-state index contributed by atoms with van der Waals surface area (Å²) in [7, 11) is 1.75. The standard InChI is InChI=1S/C24H34N2O/c1-7-11-17(4)15-25-16-21-18(5)26-22(14-23(21)27-6)24-19(8-2)12-10-13-20(24)9-3/h10-14,25H,7-9,15-16H2,1-6H3. The van der Waals surface area contributed by atoms with E-state index in [0.717, 1.165) is 55.1 Å². The average Bonchev–Trinajstić information content (AvgIpc) is 2.68. The van der Waals surface area contributed by atoms with Crippen molar-refractivity contribution in [2.45, 2.75) is 60.4 Å². The minimum absolute atomic E-state index is 0.757. The van der Waals surface area contributed by atoms with Crippen LogP contribution in [-0.2, 0) is 19.4 Å². The predicted octanol–water partition coefficient (Wildman–Crippen LogP) is 5.64. The Morgan fingerprint density at radius 2 is 1.81 bits per heavy atom. The highest BCUT2D eigenvalue weighted by atomic mass is 16.5.